The van der Waals surface area contributed by atoms with Gasteiger partial charge >= 0.3 is 5.97 Å². The number of halogens is 3. The number of nitrogens with zero attached hydrogens (tertiary/aromatic N) is 3. The van der Waals surface area contributed by atoms with E-state index in [9.17, 15) is 18.4 Å². The van der Waals surface area contributed by atoms with E-state index >= 15 is 4.39 Å². The molecule has 46 heavy (non-hydrogen) atoms. The summed E-state index contributed by atoms with van der Waals surface area (Å²) in [5.41, 5.74) is 6.78. The number of nitrogens with two attached hydrogens (primary N) is 1. The highest BCUT2D eigenvalue weighted by atomic mass is 19.1. The summed E-state index contributed by atoms with van der Waals surface area (Å²) in [7, 11) is 0. The van der Waals surface area contributed by atoms with Gasteiger partial charge < -0.3 is 24.8 Å². The summed E-state index contributed by atoms with van der Waals surface area (Å²) in [5, 5.41) is 0. The summed E-state index contributed by atoms with van der Waals surface area (Å²) < 4.78 is 60.6. The van der Waals surface area contributed by atoms with E-state index in [1.54, 1.807) is 31.2 Å². The van der Waals surface area contributed by atoms with Gasteiger partial charge in [-0.1, -0.05) is 30.3 Å². The fourth-order valence-corrected chi connectivity index (χ4v) is 4.76. The standard InChI is InChI=1S/C34H29F3N4O5/c1-3-44-34(43)23-14-28(37)33(38)30(15-23)41(18-25-11-12-45-25)32(42)16-20-7-8-21(13-26(20)35)29-5-4-6-31(40-29)46-19-22-9-10-24(39-2)17-27(22)36/h4-10,13-15,17,25H,3,11-12,16,18-19,38H2,1H3/t25-/m0/s1. The Morgan fingerprint density at radius 3 is 2.48 bits per heavy atom. The third-order valence-electron chi connectivity index (χ3n) is 7.35. The zero-order valence-electron chi connectivity index (χ0n) is 24.8. The van der Waals surface area contributed by atoms with Crippen LogP contribution in [0, 0.1) is 24.0 Å². The number of ether oxygens (including phenoxy) is 3. The van der Waals surface area contributed by atoms with Gasteiger partial charge in [0.1, 0.15) is 24.1 Å². The first-order valence-electron chi connectivity index (χ1n) is 14.4. The minimum Gasteiger partial charge on any atom is -0.473 e. The highest BCUT2D eigenvalue weighted by molar-refractivity contribution is 6.00. The average Bonchev–Trinajstić information content (AvgIpc) is 3.02. The van der Waals surface area contributed by atoms with E-state index in [-0.39, 0.29) is 65.5 Å². The van der Waals surface area contributed by atoms with Crippen molar-refractivity contribution in [2.24, 2.45) is 0 Å². The molecule has 1 aliphatic rings. The number of hydrogen-bond acceptors (Lipinski definition) is 7. The Morgan fingerprint density at radius 2 is 1.80 bits per heavy atom. The normalized spacial score (nSPS) is 13.8. The molecule has 0 unspecified atom stereocenters. The van der Waals surface area contributed by atoms with Crippen LogP contribution in [0.3, 0.4) is 0 Å². The third kappa shape index (κ3) is 7.27. The van der Waals surface area contributed by atoms with E-state index in [1.807, 2.05) is 0 Å². The first-order chi connectivity index (χ1) is 22.2. The van der Waals surface area contributed by atoms with Gasteiger partial charge in [0.2, 0.25) is 11.8 Å². The van der Waals surface area contributed by atoms with Crippen molar-refractivity contribution >= 4 is 28.9 Å². The van der Waals surface area contributed by atoms with Crippen LogP contribution in [0.1, 0.15) is 34.8 Å². The Hall–Kier alpha value is -5.41. The second kappa shape index (κ2) is 14.1. The zero-order valence-corrected chi connectivity index (χ0v) is 24.8. The van der Waals surface area contributed by atoms with Crippen molar-refractivity contribution in [1.82, 2.24) is 4.98 Å². The van der Waals surface area contributed by atoms with Gasteiger partial charge in [-0.05, 0) is 49.2 Å². The van der Waals surface area contributed by atoms with E-state index < -0.39 is 35.7 Å². The number of esters is 1. The van der Waals surface area contributed by atoms with E-state index in [1.165, 1.54) is 35.2 Å². The first kappa shape index (κ1) is 32.0. The number of benzene rings is 3. The van der Waals surface area contributed by atoms with Gasteiger partial charge in [0.25, 0.3) is 0 Å². The fraction of sp³-hybridized carbons (Fsp3) is 0.235. The number of amides is 1. The van der Waals surface area contributed by atoms with E-state index in [4.69, 9.17) is 26.5 Å². The van der Waals surface area contributed by atoms with Gasteiger partial charge in [0.15, 0.2) is 5.69 Å². The average molecular weight is 631 g/mol. The molecule has 0 aliphatic carbocycles. The van der Waals surface area contributed by atoms with Crippen LogP contribution in [-0.2, 0) is 27.3 Å². The molecule has 3 aromatic carbocycles. The van der Waals surface area contributed by atoms with Crippen LogP contribution in [0.2, 0.25) is 0 Å². The van der Waals surface area contributed by atoms with Crippen LogP contribution in [0.4, 0.5) is 30.2 Å². The van der Waals surface area contributed by atoms with Gasteiger partial charge in [-0.25, -0.2) is 27.8 Å². The van der Waals surface area contributed by atoms with E-state index in [2.05, 4.69) is 9.83 Å². The monoisotopic (exact) mass is 630 g/mol. The van der Waals surface area contributed by atoms with Crippen LogP contribution in [-0.4, -0.2) is 42.7 Å². The Balaban J connectivity index is 1.34. The second-order valence-electron chi connectivity index (χ2n) is 10.4. The zero-order chi connectivity index (χ0) is 32.8. The summed E-state index contributed by atoms with van der Waals surface area (Å²) in [4.78, 5) is 34.7. The van der Waals surface area contributed by atoms with E-state index in [0.717, 1.165) is 12.1 Å². The Bertz CT molecular complexity index is 1820. The van der Waals surface area contributed by atoms with Crippen LogP contribution in [0.15, 0.2) is 66.7 Å². The molecule has 0 saturated carbocycles. The van der Waals surface area contributed by atoms with Crippen molar-refractivity contribution in [3.05, 3.63) is 112 Å². The molecular weight excluding hydrogens is 601 g/mol. The summed E-state index contributed by atoms with van der Waals surface area (Å²) >= 11 is 0. The van der Waals surface area contributed by atoms with Crippen molar-refractivity contribution in [3.8, 4) is 17.1 Å². The van der Waals surface area contributed by atoms with Gasteiger partial charge in [0.05, 0.1) is 54.9 Å². The molecule has 0 bridgehead atoms. The summed E-state index contributed by atoms with van der Waals surface area (Å²) in [6, 6.07) is 15.4. The van der Waals surface area contributed by atoms with Crippen molar-refractivity contribution < 1.29 is 37.0 Å². The second-order valence-corrected chi connectivity index (χ2v) is 10.4. The molecule has 9 nitrogen and oxygen atoms in total. The van der Waals surface area contributed by atoms with Gasteiger partial charge in [-0.2, -0.15) is 0 Å². The van der Waals surface area contributed by atoms with Crippen molar-refractivity contribution in [3.63, 3.8) is 0 Å². The molecule has 12 heteroatoms. The van der Waals surface area contributed by atoms with Crippen molar-refractivity contribution in [2.45, 2.75) is 32.5 Å². The Morgan fingerprint density at radius 1 is 1.04 bits per heavy atom. The lowest BCUT2D eigenvalue weighted by Crippen LogP contribution is -2.44. The molecule has 5 rings (SSSR count). The molecule has 4 aromatic rings. The smallest absolute Gasteiger partial charge is 0.338 e. The number of aromatic nitrogens is 1. The number of carbonyl (C=O) groups is 2. The lowest BCUT2D eigenvalue weighted by Gasteiger charge is -2.33. The maximum atomic E-state index is 15.4. The minimum atomic E-state index is -0.898. The maximum Gasteiger partial charge on any atom is 0.338 e. The van der Waals surface area contributed by atoms with Crippen molar-refractivity contribution in [1.29, 1.82) is 0 Å². The van der Waals surface area contributed by atoms with Crippen LogP contribution >= 0.6 is 0 Å². The summed E-state index contributed by atoms with van der Waals surface area (Å²) in [6.45, 7) is 9.06. The molecule has 1 saturated heterocycles. The number of hydrogen-bond donors (Lipinski definition) is 1. The highest BCUT2D eigenvalue weighted by Gasteiger charge is 2.29. The molecule has 1 amide bonds. The van der Waals surface area contributed by atoms with Crippen LogP contribution in [0.5, 0.6) is 5.88 Å². The molecule has 1 aromatic heterocycles. The first-order valence-corrected chi connectivity index (χ1v) is 14.4. The molecule has 0 radical (unpaired) electrons. The SMILES string of the molecule is [C-]#[N+]c1ccc(COc2cccc(-c3ccc(CC(=O)N(C[C@@H]4CCO4)c4cc(C(=O)OCC)cc(F)c4N)c(F)c3)n2)c(F)c1. The Kier molecular flexibility index (Phi) is 9.83. The summed E-state index contributed by atoms with van der Waals surface area (Å²) in [5.74, 6) is -3.34. The lowest BCUT2D eigenvalue weighted by molar-refractivity contribution is -0.119. The number of pyridine rings is 1. The number of carbonyl (C=O) groups excluding carboxylic acids is 2. The fourth-order valence-electron chi connectivity index (χ4n) is 4.76. The molecule has 236 valence electrons. The molecule has 1 atom stereocenters. The molecule has 1 fully saturated rings. The number of anilines is 2. The van der Waals surface area contributed by atoms with Gasteiger partial charge in [-0.15, -0.1) is 0 Å². The van der Waals surface area contributed by atoms with Gasteiger partial charge in [0, 0.05) is 23.8 Å². The topological polar surface area (TPSA) is 108 Å². The third-order valence-corrected chi connectivity index (χ3v) is 7.35. The molecule has 0 spiro atoms. The van der Waals surface area contributed by atoms with E-state index in [0.29, 0.717) is 24.3 Å². The van der Waals surface area contributed by atoms with Crippen LogP contribution in [0.25, 0.3) is 16.1 Å². The molecule has 2 heterocycles. The quantitative estimate of drug-likeness (QED) is 0.116. The minimum absolute atomic E-state index is 0.0266. The predicted octanol–water partition coefficient (Wildman–Crippen LogP) is 6.42. The summed E-state index contributed by atoms with van der Waals surface area (Å²) in [6.07, 6.45) is -0.0655. The molecule has 2 N–H and O–H groups in total. The largest absolute Gasteiger partial charge is 0.473 e. The molecule has 1 aliphatic heterocycles. The van der Waals surface area contributed by atoms with Crippen LogP contribution < -0.4 is 15.4 Å². The highest BCUT2D eigenvalue weighted by Crippen LogP contribution is 2.31. The maximum absolute atomic E-state index is 15.4. The Labute approximate surface area is 263 Å². The van der Waals surface area contributed by atoms with Crippen molar-refractivity contribution in [2.75, 3.05) is 30.4 Å². The number of rotatable bonds is 11. The lowest BCUT2D eigenvalue weighted by atomic mass is 10.0. The number of nitrogen functional groups attached to an aromatic ring is 1. The van der Waals surface area contributed by atoms with Gasteiger partial charge in [-0.3, -0.25) is 4.79 Å². The predicted molar refractivity (Wildman–Crippen MR) is 164 cm³/mol. The molecular formula is C34H29F3N4O5.